The molecule has 1 aliphatic rings. The lowest BCUT2D eigenvalue weighted by atomic mass is 10.1. The quantitative estimate of drug-likeness (QED) is 0.866. The van der Waals surface area contributed by atoms with E-state index >= 15 is 0 Å². The summed E-state index contributed by atoms with van der Waals surface area (Å²) in [7, 11) is 1.53. The number of anilines is 1. The second kappa shape index (κ2) is 6.02. The van der Waals surface area contributed by atoms with Gasteiger partial charge in [-0.1, -0.05) is 29.8 Å². The van der Waals surface area contributed by atoms with Crippen LogP contribution in [0.3, 0.4) is 0 Å². The van der Waals surface area contributed by atoms with Crippen molar-refractivity contribution in [2.75, 3.05) is 12.0 Å². The minimum absolute atomic E-state index is 0.0398. The molecule has 1 aliphatic heterocycles. The second-order valence-electron chi connectivity index (χ2n) is 5.33. The van der Waals surface area contributed by atoms with Gasteiger partial charge in [-0.15, -0.1) is 0 Å². The van der Waals surface area contributed by atoms with Gasteiger partial charge >= 0.3 is 5.91 Å². The number of benzene rings is 2. The summed E-state index contributed by atoms with van der Waals surface area (Å²) in [6, 6.07) is 11.4. The van der Waals surface area contributed by atoms with Crippen molar-refractivity contribution in [1.29, 1.82) is 0 Å². The van der Waals surface area contributed by atoms with Gasteiger partial charge in [0.05, 0.1) is 18.4 Å². The van der Waals surface area contributed by atoms with Gasteiger partial charge in [-0.3, -0.25) is 9.59 Å². The fraction of sp³-hybridized carbons (Fsp3) is 0.111. The Morgan fingerprint density at radius 2 is 1.71 bits per heavy atom. The zero-order chi connectivity index (χ0) is 17.4. The van der Waals surface area contributed by atoms with Crippen LogP contribution in [0.1, 0.15) is 11.1 Å². The largest absolute Gasteiger partial charge is 0.502 e. The van der Waals surface area contributed by atoms with Crippen LogP contribution in [0.5, 0.6) is 5.75 Å². The summed E-state index contributed by atoms with van der Waals surface area (Å²) in [4.78, 5) is 26.1. The van der Waals surface area contributed by atoms with E-state index in [1.165, 1.54) is 13.2 Å². The fourth-order valence-electron chi connectivity index (χ4n) is 2.58. The highest BCUT2D eigenvalue weighted by Crippen LogP contribution is 2.35. The van der Waals surface area contributed by atoms with Crippen LogP contribution in [-0.4, -0.2) is 24.0 Å². The molecular weight excluding hydrogens is 330 g/mol. The van der Waals surface area contributed by atoms with Gasteiger partial charge in [0.15, 0.2) is 5.76 Å². The maximum atomic E-state index is 12.8. The monoisotopic (exact) mass is 343 g/mol. The van der Waals surface area contributed by atoms with E-state index in [0.29, 0.717) is 27.6 Å². The number of nitrogens with zero attached hydrogens (tertiary/aromatic N) is 1. The number of amides is 2. The molecule has 1 heterocycles. The van der Waals surface area contributed by atoms with Gasteiger partial charge in [0.1, 0.15) is 5.75 Å². The summed E-state index contributed by atoms with van der Waals surface area (Å²) < 4.78 is 5.07. The molecule has 122 valence electrons. The molecule has 0 bridgehead atoms. The average Bonchev–Trinajstić information content (AvgIpc) is 2.80. The van der Waals surface area contributed by atoms with Crippen LogP contribution in [0.15, 0.2) is 48.2 Å². The summed E-state index contributed by atoms with van der Waals surface area (Å²) in [6.07, 6.45) is 0. The Labute approximate surface area is 143 Å². The molecule has 0 aromatic heterocycles. The third-order valence-electron chi connectivity index (χ3n) is 3.85. The first-order valence-corrected chi connectivity index (χ1v) is 7.54. The van der Waals surface area contributed by atoms with Gasteiger partial charge < -0.3 is 9.84 Å². The Morgan fingerprint density at radius 3 is 2.33 bits per heavy atom. The summed E-state index contributed by atoms with van der Waals surface area (Å²) in [6.45, 7) is 1.76. The minimum atomic E-state index is -0.767. The molecule has 0 radical (unpaired) electrons. The lowest BCUT2D eigenvalue weighted by Crippen LogP contribution is -2.32. The summed E-state index contributed by atoms with van der Waals surface area (Å²) in [5.74, 6) is -1.33. The molecule has 0 atom stereocenters. The average molecular weight is 344 g/mol. The molecule has 24 heavy (non-hydrogen) atoms. The van der Waals surface area contributed by atoms with Crippen molar-refractivity contribution in [2.45, 2.75) is 6.92 Å². The zero-order valence-corrected chi connectivity index (χ0v) is 13.8. The number of hydrogen-bond acceptors (Lipinski definition) is 4. The van der Waals surface area contributed by atoms with Gasteiger partial charge in [0.2, 0.25) is 0 Å². The highest BCUT2D eigenvalue weighted by molar-refractivity contribution is 6.45. The number of methoxy groups -OCH3 is 1. The molecule has 0 aliphatic carbocycles. The number of halogens is 1. The Bertz CT molecular complexity index is 871. The SMILES string of the molecule is COc1ccc(C2=C(O)C(=O)N(c3cc(Cl)ccc3C)C2=O)cc1. The number of aryl methyl sites for hydroxylation is 1. The third kappa shape index (κ3) is 2.53. The maximum absolute atomic E-state index is 12.8. The van der Waals surface area contributed by atoms with Crippen molar-refractivity contribution >= 4 is 34.7 Å². The van der Waals surface area contributed by atoms with Crippen molar-refractivity contribution in [2.24, 2.45) is 0 Å². The smallest absolute Gasteiger partial charge is 0.301 e. The van der Waals surface area contributed by atoms with Gasteiger partial charge in [-0.2, -0.15) is 0 Å². The lowest BCUT2D eigenvalue weighted by molar-refractivity contribution is -0.121. The number of carbonyl (C=O) groups excluding carboxylic acids is 2. The van der Waals surface area contributed by atoms with E-state index < -0.39 is 17.6 Å². The number of carbonyl (C=O) groups is 2. The Hall–Kier alpha value is -2.79. The fourth-order valence-corrected chi connectivity index (χ4v) is 2.74. The second-order valence-corrected chi connectivity index (χ2v) is 5.77. The summed E-state index contributed by atoms with van der Waals surface area (Å²) in [5.41, 5.74) is 1.45. The summed E-state index contributed by atoms with van der Waals surface area (Å²) >= 11 is 5.97. The molecule has 5 nitrogen and oxygen atoms in total. The topological polar surface area (TPSA) is 66.8 Å². The van der Waals surface area contributed by atoms with Crippen molar-refractivity contribution in [3.8, 4) is 5.75 Å². The lowest BCUT2D eigenvalue weighted by Gasteiger charge is -2.17. The van der Waals surface area contributed by atoms with Gasteiger partial charge in [0.25, 0.3) is 5.91 Å². The number of hydrogen-bond donors (Lipinski definition) is 1. The van der Waals surface area contributed by atoms with E-state index in [1.54, 1.807) is 43.3 Å². The van der Waals surface area contributed by atoms with Crippen LogP contribution in [0.25, 0.3) is 5.57 Å². The molecule has 0 saturated heterocycles. The Morgan fingerprint density at radius 1 is 1.04 bits per heavy atom. The van der Waals surface area contributed by atoms with Gasteiger partial charge in [-0.05, 0) is 42.3 Å². The normalized spacial score (nSPS) is 14.5. The predicted molar refractivity (Wildman–Crippen MR) is 91.2 cm³/mol. The Balaban J connectivity index is 2.05. The van der Waals surface area contributed by atoms with E-state index in [1.807, 2.05) is 0 Å². The number of aliphatic hydroxyl groups is 1. The van der Waals surface area contributed by atoms with Crippen LogP contribution >= 0.6 is 11.6 Å². The van der Waals surface area contributed by atoms with E-state index in [9.17, 15) is 14.7 Å². The van der Waals surface area contributed by atoms with Crippen molar-refractivity contribution < 1.29 is 19.4 Å². The maximum Gasteiger partial charge on any atom is 0.301 e. The van der Waals surface area contributed by atoms with E-state index in [2.05, 4.69) is 0 Å². The molecule has 0 unspecified atom stereocenters. The standard InChI is InChI=1S/C18H14ClNO4/c1-10-3-6-12(19)9-14(10)20-17(22)15(16(21)18(20)23)11-4-7-13(24-2)8-5-11/h3-9,21H,1-2H3. The molecule has 3 rings (SSSR count). The van der Waals surface area contributed by atoms with Crippen LogP contribution in [0, 0.1) is 6.92 Å². The van der Waals surface area contributed by atoms with Crippen LogP contribution < -0.4 is 9.64 Å². The number of aliphatic hydroxyl groups excluding tert-OH is 1. The predicted octanol–water partition coefficient (Wildman–Crippen LogP) is 3.50. The number of rotatable bonds is 3. The third-order valence-corrected chi connectivity index (χ3v) is 4.09. The highest BCUT2D eigenvalue weighted by atomic mass is 35.5. The van der Waals surface area contributed by atoms with Crippen LogP contribution in [0.4, 0.5) is 5.69 Å². The van der Waals surface area contributed by atoms with Crippen LogP contribution in [0.2, 0.25) is 5.02 Å². The van der Waals surface area contributed by atoms with Crippen molar-refractivity contribution in [1.82, 2.24) is 0 Å². The van der Waals surface area contributed by atoms with Gasteiger partial charge in [-0.25, -0.2) is 4.90 Å². The van der Waals surface area contributed by atoms with E-state index in [0.717, 1.165) is 4.90 Å². The van der Waals surface area contributed by atoms with Crippen LogP contribution in [-0.2, 0) is 9.59 Å². The van der Waals surface area contributed by atoms with E-state index in [4.69, 9.17) is 16.3 Å². The molecule has 1 N–H and O–H groups in total. The highest BCUT2D eigenvalue weighted by Gasteiger charge is 2.40. The Kier molecular flexibility index (Phi) is 4.03. The molecule has 2 aromatic rings. The molecule has 0 saturated carbocycles. The first-order valence-electron chi connectivity index (χ1n) is 7.16. The molecule has 0 spiro atoms. The zero-order valence-electron chi connectivity index (χ0n) is 13.0. The number of ether oxygens (including phenoxy) is 1. The molecular formula is C18H14ClNO4. The summed E-state index contributed by atoms with van der Waals surface area (Å²) in [5, 5.41) is 10.6. The molecule has 2 amide bonds. The molecule has 6 heteroatoms. The van der Waals surface area contributed by atoms with Crippen molar-refractivity contribution in [3.63, 3.8) is 0 Å². The minimum Gasteiger partial charge on any atom is -0.502 e. The molecule has 2 aromatic carbocycles. The van der Waals surface area contributed by atoms with E-state index in [-0.39, 0.29) is 5.57 Å². The first kappa shape index (κ1) is 16.1. The number of imide groups is 1. The molecule has 0 fully saturated rings. The first-order chi connectivity index (χ1) is 11.4. The van der Waals surface area contributed by atoms with Gasteiger partial charge in [0, 0.05) is 5.02 Å². The van der Waals surface area contributed by atoms with Crippen molar-refractivity contribution in [3.05, 3.63) is 64.4 Å².